The van der Waals surface area contributed by atoms with Gasteiger partial charge in [0.25, 0.3) is 5.56 Å². The van der Waals surface area contributed by atoms with Gasteiger partial charge in [-0.3, -0.25) is 4.79 Å². The molecule has 0 fully saturated rings. The van der Waals surface area contributed by atoms with Gasteiger partial charge in [-0.25, -0.2) is 4.98 Å². The minimum absolute atomic E-state index is 0.133. The van der Waals surface area contributed by atoms with Gasteiger partial charge in [0.15, 0.2) is 5.82 Å². The third-order valence-electron chi connectivity index (χ3n) is 2.77. The summed E-state index contributed by atoms with van der Waals surface area (Å²) in [6.07, 6.45) is 3.23. The average Bonchev–Trinajstić information content (AvgIpc) is 2.37. The summed E-state index contributed by atoms with van der Waals surface area (Å²) in [5.41, 5.74) is 5.36. The van der Waals surface area contributed by atoms with Crippen molar-refractivity contribution in [3.8, 4) is 0 Å². The van der Waals surface area contributed by atoms with Crippen LogP contribution in [-0.2, 0) is 6.54 Å². The van der Waals surface area contributed by atoms with E-state index >= 15 is 0 Å². The smallest absolute Gasteiger partial charge is 0.293 e. The van der Waals surface area contributed by atoms with Crippen LogP contribution in [0.25, 0.3) is 0 Å². The summed E-state index contributed by atoms with van der Waals surface area (Å²) >= 11 is 0. The van der Waals surface area contributed by atoms with Crippen molar-refractivity contribution >= 4 is 11.7 Å². The summed E-state index contributed by atoms with van der Waals surface area (Å²) in [5.74, 6) is 0.321. The molecule has 0 aliphatic carbocycles. The van der Waals surface area contributed by atoms with Gasteiger partial charge in [0, 0.05) is 38.4 Å². The molecule has 0 aromatic carbocycles. The number of oxime groups is 1. The molecule has 0 bridgehead atoms. The largest absolute Gasteiger partial charge is 0.409 e. The molecule has 0 saturated carbocycles. The van der Waals surface area contributed by atoms with E-state index in [1.807, 2.05) is 13.8 Å². The van der Waals surface area contributed by atoms with Crippen molar-refractivity contribution in [3.05, 3.63) is 22.7 Å². The number of rotatable bonds is 5. The van der Waals surface area contributed by atoms with E-state index in [1.54, 1.807) is 28.9 Å². The van der Waals surface area contributed by atoms with Crippen LogP contribution in [0.5, 0.6) is 0 Å². The van der Waals surface area contributed by atoms with E-state index in [9.17, 15) is 4.79 Å². The Kier molecular flexibility index (Phi) is 4.70. The van der Waals surface area contributed by atoms with Gasteiger partial charge in [-0.05, 0) is 6.92 Å². The van der Waals surface area contributed by atoms with Gasteiger partial charge < -0.3 is 20.4 Å². The van der Waals surface area contributed by atoms with Crippen LogP contribution in [0, 0.1) is 5.92 Å². The normalized spacial score (nSPS) is 13.4. The maximum Gasteiger partial charge on any atom is 0.293 e. The molecule has 1 heterocycles. The molecule has 7 heteroatoms. The number of aryl methyl sites for hydroxylation is 1. The molecule has 1 aromatic heterocycles. The summed E-state index contributed by atoms with van der Waals surface area (Å²) in [4.78, 5) is 17.8. The summed E-state index contributed by atoms with van der Waals surface area (Å²) in [6.45, 7) is 4.75. The summed E-state index contributed by atoms with van der Waals surface area (Å²) in [5, 5.41) is 11.5. The molecule has 0 amide bonds. The molecule has 0 aliphatic rings. The van der Waals surface area contributed by atoms with Crippen molar-refractivity contribution in [1.29, 1.82) is 0 Å². The second kappa shape index (κ2) is 6.04. The summed E-state index contributed by atoms with van der Waals surface area (Å²) < 4.78 is 1.58. The van der Waals surface area contributed by atoms with Gasteiger partial charge in [0.1, 0.15) is 5.84 Å². The Balaban J connectivity index is 2.91. The molecule has 3 N–H and O–H groups in total. The third-order valence-corrected chi connectivity index (χ3v) is 2.77. The first-order chi connectivity index (χ1) is 8.51. The van der Waals surface area contributed by atoms with Crippen molar-refractivity contribution in [3.63, 3.8) is 0 Å². The molecule has 0 radical (unpaired) electrons. The monoisotopic (exact) mass is 253 g/mol. The van der Waals surface area contributed by atoms with Crippen molar-refractivity contribution in [2.24, 2.45) is 16.8 Å². The zero-order chi connectivity index (χ0) is 13.7. The van der Waals surface area contributed by atoms with E-state index in [4.69, 9.17) is 10.9 Å². The summed E-state index contributed by atoms with van der Waals surface area (Å²) in [6, 6.07) is 0. The predicted octanol–water partition coefficient (Wildman–Crippen LogP) is 0.0819. The lowest BCUT2D eigenvalue weighted by Gasteiger charge is -2.21. The number of hydrogen-bond donors (Lipinski definition) is 2. The Bertz CT molecular complexity index is 483. The highest BCUT2D eigenvalue weighted by molar-refractivity contribution is 5.82. The van der Waals surface area contributed by atoms with E-state index < -0.39 is 0 Å². The highest BCUT2D eigenvalue weighted by Gasteiger charge is 2.15. The molecular formula is C11H19N5O2. The van der Waals surface area contributed by atoms with Crippen LogP contribution in [0.2, 0.25) is 0 Å². The van der Waals surface area contributed by atoms with Crippen LogP contribution in [0.3, 0.4) is 0 Å². The Labute approximate surface area is 106 Å². The Hall–Kier alpha value is -2.05. The highest BCUT2D eigenvalue weighted by Crippen LogP contribution is 2.05. The maximum absolute atomic E-state index is 12.0. The zero-order valence-electron chi connectivity index (χ0n) is 10.9. The first-order valence-electron chi connectivity index (χ1n) is 5.75. The third kappa shape index (κ3) is 2.99. The van der Waals surface area contributed by atoms with E-state index in [1.165, 1.54) is 0 Å². The predicted molar refractivity (Wildman–Crippen MR) is 70.0 cm³/mol. The van der Waals surface area contributed by atoms with Gasteiger partial charge in [-0.1, -0.05) is 12.1 Å². The van der Waals surface area contributed by atoms with Crippen molar-refractivity contribution in [2.75, 3.05) is 18.5 Å². The van der Waals surface area contributed by atoms with Crippen molar-refractivity contribution in [1.82, 2.24) is 9.55 Å². The molecule has 7 nitrogen and oxygen atoms in total. The van der Waals surface area contributed by atoms with Gasteiger partial charge in [-0.2, -0.15) is 0 Å². The van der Waals surface area contributed by atoms with Gasteiger partial charge in [0.2, 0.25) is 0 Å². The molecule has 1 unspecified atom stereocenters. The molecule has 100 valence electrons. The van der Waals surface area contributed by atoms with Crippen LogP contribution in [0.4, 0.5) is 5.82 Å². The first kappa shape index (κ1) is 14.0. The zero-order valence-corrected chi connectivity index (χ0v) is 10.9. The summed E-state index contributed by atoms with van der Waals surface area (Å²) in [7, 11) is 1.75. The second-order valence-corrected chi connectivity index (χ2v) is 4.15. The fourth-order valence-electron chi connectivity index (χ4n) is 1.64. The van der Waals surface area contributed by atoms with E-state index in [-0.39, 0.29) is 17.3 Å². The molecule has 18 heavy (non-hydrogen) atoms. The SMILES string of the molecule is CCn1ccnc(N(C)CC(C)/C(N)=N/O)c1=O. The number of nitrogens with zero attached hydrogens (tertiary/aromatic N) is 4. The van der Waals surface area contributed by atoms with Gasteiger partial charge in [-0.15, -0.1) is 0 Å². The minimum Gasteiger partial charge on any atom is -0.409 e. The Morgan fingerprint density at radius 2 is 2.39 bits per heavy atom. The van der Waals surface area contributed by atoms with E-state index in [0.29, 0.717) is 18.9 Å². The fourth-order valence-corrected chi connectivity index (χ4v) is 1.64. The van der Waals surface area contributed by atoms with Crippen molar-refractivity contribution in [2.45, 2.75) is 20.4 Å². The topological polar surface area (TPSA) is 96.7 Å². The number of hydrogen-bond acceptors (Lipinski definition) is 5. The van der Waals surface area contributed by atoms with Gasteiger partial charge >= 0.3 is 0 Å². The first-order valence-corrected chi connectivity index (χ1v) is 5.75. The van der Waals surface area contributed by atoms with Crippen LogP contribution >= 0.6 is 0 Å². The fraction of sp³-hybridized carbons (Fsp3) is 0.545. The quantitative estimate of drug-likeness (QED) is 0.335. The number of nitrogens with two attached hydrogens (primary N) is 1. The maximum atomic E-state index is 12.0. The Morgan fingerprint density at radius 1 is 1.72 bits per heavy atom. The van der Waals surface area contributed by atoms with Crippen LogP contribution < -0.4 is 16.2 Å². The lowest BCUT2D eigenvalue weighted by atomic mass is 10.1. The van der Waals surface area contributed by atoms with Crippen molar-refractivity contribution < 1.29 is 5.21 Å². The molecule has 1 rings (SSSR count). The molecule has 0 aliphatic heterocycles. The number of aromatic nitrogens is 2. The highest BCUT2D eigenvalue weighted by atomic mass is 16.4. The standard InChI is InChI=1S/C11H19N5O2/c1-4-16-6-5-13-10(11(16)17)15(3)7-8(2)9(12)14-18/h5-6,8,18H,4,7H2,1-3H3,(H2,12,14). The molecule has 0 spiro atoms. The lowest BCUT2D eigenvalue weighted by molar-refractivity contribution is 0.314. The van der Waals surface area contributed by atoms with E-state index in [0.717, 1.165) is 0 Å². The van der Waals surface area contributed by atoms with Crippen LogP contribution in [0.15, 0.2) is 22.3 Å². The molecular weight excluding hydrogens is 234 g/mol. The number of anilines is 1. The van der Waals surface area contributed by atoms with Crippen LogP contribution in [-0.4, -0.2) is 34.2 Å². The average molecular weight is 253 g/mol. The molecule has 1 atom stereocenters. The molecule has 0 saturated heterocycles. The lowest BCUT2D eigenvalue weighted by Crippen LogP contribution is -2.37. The van der Waals surface area contributed by atoms with Gasteiger partial charge in [0.05, 0.1) is 0 Å². The Morgan fingerprint density at radius 3 is 2.94 bits per heavy atom. The second-order valence-electron chi connectivity index (χ2n) is 4.15. The minimum atomic E-state index is -0.170. The number of amidine groups is 1. The molecule has 1 aromatic rings. The van der Waals surface area contributed by atoms with Crippen LogP contribution in [0.1, 0.15) is 13.8 Å². The van der Waals surface area contributed by atoms with E-state index in [2.05, 4.69) is 10.1 Å².